The minimum atomic E-state index is -3.64. The van der Waals surface area contributed by atoms with Gasteiger partial charge >= 0.3 is 0 Å². The highest BCUT2D eigenvalue weighted by Crippen LogP contribution is 2.07. The summed E-state index contributed by atoms with van der Waals surface area (Å²) in [5.41, 5.74) is 5.31. The minimum Gasteiger partial charge on any atom is -0.368 e. The molecule has 0 aliphatic carbocycles. The molecule has 0 aliphatic heterocycles. The Morgan fingerprint density at radius 1 is 1.42 bits per heavy atom. The maximum Gasteiger partial charge on any atom is 0.243 e. The summed E-state index contributed by atoms with van der Waals surface area (Å²) in [6.45, 7) is 2.24. The molecule has 19 heavy (non-hydrogen) atoms. The van der Waals surface area contributed by atoms with Crippen LogP contribution in [0.1, 0.15) is 6.92 Å². The molecule has 2 rings (SSSR count). The molecule has 8 nitrogen and oxygen atoms in total. The summed E-state index contributed by atoms with van der Waals surface area (Å²) in [4.78, 5) is 11.2. The van der Waals surface area contributed by atoms with Crippen molar-refractivity contribution in [2.75, 3.05) is 5.73 Å². The average molecular weight is 282 g/mol. The summed E-state index contributed by atoms with van der Waals surface area (Å²) in [5.74, 6) is 0.0328. The molecule has 0 fully saturated rings. The standard InChI is InChI=1S/C10H14N6O2S/c1-8(6-16-3-2-12-7-16)15-19(17,18)9-4-13-10(11)14-5-9/h2-5,7-8,15H,6H2,1H3,(H2,11,13,14). The second-order valence-electron chi connectivity index (χ2n) is 4.06. The Morgan fingerprint density at radius 2 is 2.11 bits per heavy atom. The molecule has 0 bridgehead atoms. The van der Waals surface area contributed by atoms with Crippen LogP contribution in [0.25, 0.3) is 0 Å². The van der Waals surface area contributed by atoms with Crippen molar-refractivity contribution in [3.8, 4) is 0 Å². The highest BCUT2D eigenvalue weighted by atomic mass is 32.2. The van der Waals surface area contributed by atoms with E-state index in [1.165, 1.54) is 12.4 Å². The highest BCUT2D eigenvalue weighted by Gasteiger charge is 2.18. The number of hydrogen-bond acceptors (Lipinski definition) is 6. The monoisotopic (exact) mass is 282 g/mol. The van der Waals surface area contributed by atoms with E-state index in [2.05, 4.69) is 19.7 Å². The van der Waals surface area contributed by atoms with Gasteiger partial charge in [-0.3, -0.25) is 0 Å². The molecule has 9 heteroatoms. The van der Waals surface area contributed by atoms with Gasteiger partial charge in [0.25, 0.3) is 0 Å². The second kappa shape index (κ2) is 5.33. The molecular formula is C10H14N6O2S. The molecule has 0 radical (unpaired) electrons. The van der Waals surface area contributed by atoms with Crippen molar-refractivity contribution >= 4 is 16.0 Å². The Hall–Kier alpha value is -2.00. The third-order valence-corrected chi connectivity index (χ3v) is 3.90. The van der Waals surface area contributed by atoms with Gasteiger partial charge in [-0.2, -0.15) is 0 Å². The van der Waals surface area contributed by atoms with Gasteiger partial charge in [0.05, 0.1) is 18.7 Å². The van der Waals surface area contributed by atoms with E-state index in [0.29, 0.717) is 6.54 Å². The lowest BCUT2D eigenvalue weighted by Crippen LogP contribution is -2.35. The Kier molecular flexibility index (Phi) is 3.76. The Labute approximate surface area is 110 Å². The van der Waals surface area contributed by atoms with Crippen LogP contribution in [0.5, 0.6) is 0 Å². The Balaban J connectivity index is 2.06. The van der Waals surface area contributed by atoms with Crippen LogP contribution in [-0.2, 0) is 16.6 Å². The predicted molar refractivity (Wildman–Crippen MR) is 68.5 cm³/mol. The summed E-state index contributed by atoms with van der Waals surface area (Å²) >= 11 is 0. The zero-order chi connectivity index (χ0) is 13.9. The Morgan fingerprint density at radius 3 is 2.68 bits per heavy atom. The number of nitrogens with two attached hydrogens (primary N) is 1. The van der Waals surface area contributed by atoms with Gasteiger partial charge in [0.1, 0.15) is 4.90 Å². The van der Waals surface area contributed by atoms with E-state index in [1.807, 2.05) is 0 Å². The SMILES string of the molecule is CC(Cn1ccnc1)NS(=O)(=O)c1cnc(N)nc1. The lowest BCUT2D eigenvalue weighted by molar-refractivity contribution is 0.520. The normalized spacial score (nSPS) is 13.3. The number of nitrogens with zero attached hydrogens (tertiary/aromatic N) is 4. The molecule has 0 aromatic carbocycles. The number of nitrogens with one attached hydrogen (secondary N) is 1. The number of rotatable bonds is 5. The first-order valence-corrected chi connectivity index (χ1v) is 7.01. The number of hydrogen-bond donors (Lipinski definition) is 2. The number of anilines is 1. The van der Waals surface area contributed by atoms with Crippen molar-refractivity contribution in [3.63, 3.8) is 0 Å². The summed E-state index contributed by atoms with van der Waals surface area (Å²) < 4.78 is 28.4. The van der Waals surface area contributed by atoms with Crippen molar-refractivity contribution in [3.05, 3.63) is 31.1 Å². The van der Waals surface area contributed by atoms with E-state index >= 15 is 0 Å². The van der Waals surface area contributed by atoms with Crippen molar-refractivity contribution < 1.29 is 8.42 Å². The third kappa shape index (κ3) is 3.48. The third-order valence-electron chi connectivity index (χ3n) is 2.36. The first-order valence-electron chi connectivity index (χ1n) is 5.53. The number of aromatic nitrogens is 4. The number of sulfonamides is 1. The van der Waals surface area contributed by atoms with Crippen LogP contribution in [0.3, 0.4) is 0 Å². The summed E-state index contributed by atoms with van der Waals surface area (Å²) in [5, 5.41) is 0. The number of nitrogen functional groups attached to an aromatic ring is 1. The van der Waals surface area contributed by atoms with Crippen molar-refractivity contribution in [2.45, 2.75) is 24.4 Å². The van der Waals surface area contributed by atoms with Crippen molar-refractivity contribution in [1.29, 1.82) is 0 Å². The van der Waals surface area contributed by atoms with Crippen LogP contribution >= 0.6 is 0 Å². The number of imidazole rings is 1. The van der Waals surface area contributed by atoms with Crippen molar-refractivity contribution in [1.82, 2.24) is 24.2 Å². The molecule has 2 heterocycles. The quantitative estimate of drug-likeness (QED) is 0.772. The van der Waals surface area contributed by atoms with Gasteiger partial charge < -0.3 is 10.3 Å². The maximum absolute atomic E-state index is 12.0. The first kappa shape index (κ1) is 13.4. The fourth-order valence-corrected chi connectivity index (χ4v) is 2.67. The van der Waals surface area contributed by atoms with Crippen molar-refractivity contribution in [2.24, 2.45) is 0 Å². The summed E-state index contributed by atoms with van der Waals surface area (Å²) in [6, 6.07) is -0.295. The predicted octanol–water partition coefficient (Wildman–Crippen LogP) is -0.378. The van der Waals surface area contributed by atoms with E-state index in [-0.39, 0.29) is 16.9 Å². The lowest BCUT2D eigenvalue weighted by atomic mass is 10.4. The van der Waals surface area contributed by atoms with E-state index in [1.54, 1.807) is 30.2 Å². The molecule has 0 spiro atoms. The van der Waals surface area contributed by atoms with E-state index < -0.39 is 10.0 Å². The lowest BCUT2D eigenvalue weighted by Gasteiger charge is -2.14. The van der Waals surface area contributed by atoms with Crippen LogP contribution in [0.4, 0.5) is 5.95 Å². The average Bonchev–Trinajstić information content (AvgIpc) is 2.81. The van der Waals surface area contributed by atoms with Gasteiger partial charge in [-0.25, -0.2) is 28.1 Å². The van der Waals surface area contributed by atoms with E-state index in [4.69, 9.17) is 5.73 Å². The zero-order valence-electron chi connectivity index (χ0n) is 10.3. The topological polar surface area (TPSA) is 116 Å². The van der Waals surface area contributed by atoms with Crippen LogP contribution in [-0.4, -0.2) is 34.0 Å². The van der Waals surface area contributed by atoms with Gasteiger partial charge in [0.2, 0.25) is 16.0 Å². The molecule has 102 valence electrons. The molecule has 2 aromatic rings. The fraction of sp³-hybridized carbons (Fsp3) is 0.300. The summed E-state index contributed by atoms with van der Waals surface area (Å²) in [7, 11) is -3.64. The van der Waals surface area contributed by atoms with Crippen LogP contribution < -0.4 is 10.5 Å². The van der Waals surface area contributed by atoms with Crippen LogP contribution in [0.2, 0.25) is 0 Å². The molecule has 3 N–H and O–H groups in total. The minimum absolute atomic E-state index is 0.0146. The molecule has 2 aromatic heterocycles. The maximum atomic E-state index is 12.0. The van der Waals surface area contributed by atoms with E-state index in [0.717, 1.165) is 0 Å². The molecule has 0 saturated carbocycles. The summed E-state index contributed by atoms with van der Waals surface area (Å²) in [6.07, 6.45) is 7.37. The van der Waals surface area contributed by atoms with Gasteiger partial charge in [-0.05, 0) is 6.92 Å². The fourth-order valence-electron chi connectivity index (χ4n) is 1.55. The molecule has 1 atom stereocenters. The Bertz CT molecular complexity index is 623. The highest BCUT2D eigenvalue weighted by molar-refractivity contribution is 7.89. The van der Waals surface area contributed by atoms with Gasteiger partial charge in [0.15, 0.2) is 0 Å². The van der Waals surface area contributed by atoms with Gasteiger partial charge in [0, 0.05) is 25.0 Å². The van der Waals surface area contributed by atoms with Gasteiger partial charge in [-0.1, -0.05) is 0 Å². The zero-order valence-corrected chi connectivity index (χ0v) is 11.1. The molecular weight excluding hydrogens is 268 g/mol. The van der Waals surface area contributed by atoms with Gasteiger partial charge in [-0.15, -0.1) is 0 Å². The van der Waals surface area contributed by atoms with Crippen LogP contribution in [0.15, 0.2) is 36.0 Å². The molecule has 0 saturated heterocycles. The first-order chi connectivity index (χ1) is 8.97. The second-order valence-corrected chi connectivity index (χ2v) is 5.77. The van der Waals surface area contributed by atoms with Crippen LogP contribution in [0, 0.1) is 0 Å². The molecule has 1 unspecified atom stereocenters. The molecule has 0 amide bonds. The smallest absolute Gasteiger partial charge is 0.243 e. The molecule has 0 aliphatic rings. The largest absolute Gasteiger partial charge is 0.368 e. The van der Waals surface area contributed by atoms with E-state index in [9.17, 15) is 8.42 Å².